The van der Waals surface area contributed by atoms with Crippen LogP contribution in [0.15, 0.2) is 18.2 Å². The van der Waals surface area contributed by atoms with Gasteiger partial charge >= 0.3 is 0 Å². The molecular weight excluding hydrogens is 220 g/mol. The third kappa shape index (κ3) is 5.41. The third-order valence-electron chi connectivity index (χ3n) is 2.16. The summed E-state index contributed by atoms with van der Waals surface area (Å²) in [5.41, 5.74) is 1.15. The van der Waals surface area contributed by atoms with Crippen LogP contribution in [0.1, 0.15) is 46.1 Å². The van der Waals surface area contributed by atoms with E-state index in [9.17, 15) is 0 Å². The van der Waals surface area contributed by atoms with Crippen LogP contribution in [0.3, 0.4) is 0 Å². The van der Waals surface area contributed by atoms with E-state index in [2.05, 4.69) is 13.8 Å². The zero-order valence-electron chi connectivity index (χ0n) is 10.8. The Bertz CT molecular complexity index is 284. The minimum Gasteiger partial charge on any atom is -0.494 e. The maximum absolute atomic E-state index is 6.00. The van der Waals surface area contributed by atoms with Crippen LogP contribution < -0.4 is 4.74 Å². The normalized spacial score (nSPS) is 9.31. The summed E-state index contributed by atoms with van der Waals surface area (Å²) >= 11 is 6.00. The second-order valence-corrected chi connectivity index (χ2v) is 3.72. The molecule has 0 unspecified atom stereocenters. The molecule has 0 bridgehead atoms. The Morgan fingerprint density at radius 3 is 2.44 bits per heavy atom. The molecule has 1 aromatic rings. The van der Waals surface area contributed by atoms with Gasteiger partial charge in [0.25, 0.3) is 0 Å². The number of hydrogen-bond acceptors (Lipinski definition) is 1. The van der Waals surface area contributed by atoms with E-state index in [1.807, 2.05) is 32.0 Å². The van der Waals surface area contributed by atoms with E-state index in [1.165, 1.54) is 0 Å². The van der Waals surface area contributed by atoms with Gasteiger partial charge in [0.1, 0.15) is 5.75 Å². The van der Waals surface area contributed by atoms with E-state index in [1.54, 1.807) is 0 Å². The number of hydrogen-bond donors (Lipinski definition) is 0. The highest BCUT2D eigenvalue weighted by Crippen LogP contribution is 2.22. The summed E-state index contributed by atoms with van der Waals surface area (Å²) < 4.78 is 5.59. The topological polar surface area (TPSA) is 9.23 Å². The van der Waals surface area contributed by atoms with Crippen molar-refractivity contribution in [1.82, 2.24) is 0 Å². The number of benzene rings is 1. The summed E-state index contributed by atoms with van der Waals surface area (Å²) in [6.07, 6.45) is 3.21. The van der Waals surface area contributed by atoms with E-state index < -0.39 is 0 Å². The fourth-order valence-corrected chi connectivity index (χ4v) is 1.50. The number of ether oxygens (including phenoxy) is 1. The fraction of sp³-hybridized carbons (Fsp3) is 0.571. The maximum atomic E-state index is 6.00. The van der Waals surface area contributed by atoms with Crippen LogP contribution in [-0.4, -0.2) is 6.61 Å². The van der Waals surface area contributed by atoms with Crippen LogP contribution in [0.2, 0.25) is 5.02 Å². The molecule has 0 saturated heterocycles. The second kappa shape index (κ2) is 9.53. The zero-order chi connectivity index (χ0) is 12.4. The van der Waals surface area contributed by atoms with Crippen LogP contribution in [0, 0.1) is 0 Å². The molecule has 2 heteroatoms. The van der Waals surface area contributed by atoms with Gasteiger partial charge in [0.05, 0.1) is 6.61 Å². The Kier molecular flexibility index (Phi) is 9.12. The van der Waals surface area contributed by atoms with Crippen molar-refractivity contribution in [2.45, 2.75) is 47.0 Å². The monoisotopic (exact) mass is 242 g/mol. The second-order valence-electron chi connectivity index (χ2n) is 3.31. The first kappa shape index (κ1) is 15.3. The van der Waals surface area contributed by atoms with E-state index in [4.69, 9.17) is 16.3 Å². The van der Waals surface area contributed by atoms with Crippen molar-refractivity contribution in [3.05, 3.63) is 28.8 Å². The molecule has 0 aliphatic heterocycles. The van der Waals surface area contributed by atoms with Gasteiger partial charge in [-0.1, -0.05) is 45.7 Å². The Morgan fingerprint density at radius 1 is 1.19 bits per heavy atom. The minimum absolute atomic E-state index is 0.793. The molecule has 1 rings (SSSR count). The summed E-state index contributed by atoms with van der Waals surface area (Å²) in [7, 11) is 0. The van der Waals surface area contributed by atoms with E-state index in [0.29, 0.717) is 0 Å². The Morgan fingerprint density at radius 2 is 1.88 bits per heavy atom. The molecule has 1 aromatic carbocycles. The van der Waals surface area contributed by atoms with E-state index in [0.717, 1.165) is 42.2 Å². The Labute approximate surface area is 105 Å². The quantitative estimate of drug-likeness (QED) is 0.652. The van der Waals surface area contributed by atoms with Crippen molar-refractivity contribution in [3.8, 4) is 5.75 Å². The van der Waals surface area contributed by atoms with Gasteiger partial charge in [-0.25, -0.2) is 0 Å². The first-order valence-corrected chi connectivity index (χ1v) is 6.57. The van der Waals surface area contributed by atoms with Crippen molar-refractivity contribution >= 4 is 11.6 Å². The van der Waals surface area contributed by atoms with Gasteiger partial charge in [-0.3, -0.25) is 0 Å². The minimum atomic E-state index is 0.793. The lowest BCUT2D eigenvalue weighted by Gasteiger charge is -2.07. The highest BCUT2D eigenvalue weighted by molar-refractivity contribution is 6.31. The zero-order valence-corrected chi connectivity index (χ0v) is 11.6. The van der Waals surface area contributed by atoms with Gasteiger partial charge in [-0.05, 0) is 36.6 Å². The van der Waals surface area contributed by atoms with Gasteiger partial charge in [0.15, 0.2) is 0 Å². The van der Waals surface area contributed by atoms with Crippen LogP contribution in [0.25, 0.3) is 0 Å². The standard InChI is InChI=1S/C12H17ClO.C2H6/c1-3-5-8-14-11-6-7-12(13)10(4-2)9-11;1-2/h6-7,9H,3-5,8H2,1-2H3;1-2H3. The van der Waals surface area contributed by atoms with Crippen LogP contribution in [-0.2, 0) is 6.42 Å². The van der Waals surface area contributed by atoms with Gasteiger partial charge in [0, 0.05) is 5.02 Å². The SMILES string of the molecule is CC.CCCCOc1ccc(Cl)c(CC)c1. The summed E-state index contributed by atoms with van der Waals surface area (Å²) in [6, 6.07) is 5.86. The lowest BCUT2D eigenvalue weighted by molar-refractivity contribution is 0.309. The van der Waals surface area contributed by atoms with Gasteiger partial charge in [-0.15, -0.1) is 0 Å². The van der Waals surface area contributed by atoms with Crippen molar-refractivity contribution in [1.29, 1.82) is 0 Å². The van der Waals surface area contributed by atoms with Crippen LogP contribution in [0.4, 0.5) is 0 Å². The van der Waals surface area contributed by atoms with Gasteiger partial charge in [-0.2, -0.15) is 0 Å². The highest BCUT2D eigenvalue weighted by Gasteiger charge is 2.00. The van der Waals surface area contributed by atoms with Crippen LogP contribution >= 0.6 is 11.6 Å². The molecule has 92 valence electrons. The molecule has 0 aromatic heterocycles. The first-order valence-electron chi connectivity index (χ1n) is 6.19. The van der Waals surface area contributed by atoms with E-state index in [-0.39, 0.29) is 0 Å². The highest BCUT2D eigenvalue weighted by atomic mass is 35.5. The number of aryl methyl sites for hydroxylation is 1. The average Bonchev–Trinajstić information content (AvgIpc) is 2.34. The van der Waals surface area contributed by atoms with Crippen molar-refractivity contribution in [3.63, 3.8) is 0 Å². The lowest BCUT2D eigenvalue weighted by atomic mass is 10.1. The predicted molar refractivity (Wildman–Crippen MR) is 72.6 cm³/mol. The Balaban J connectivity index is 0.00000106. The number of rotatable bonds is 5. The molecule has 0 N–H and O–H groups in total. The molecule has 1 nitrogen and oxygen atoms in total. The molecule has 0 amide bonds. The molecule has 0 aliphatic carbocycles. The summed E-state index contributed by atoms with van der Waals surface area (Å²) in [6.45, 7) is 9.04. The molecule has 0 fully saturated rings. The molecule has 16 heavy (non-hydrogen) atoms. The fourth-order valence-electron chi connectivity index (χ4n) is 1.25. The lowest BCUT2D eigenvalue weighted by Crippen LogP contribution is -1.97. The summed E-state index contributed by atoms with van der Waals surface area (Å²) in [4.78, 5) is 0. The summed E-state index contributed by atoms with van der Waals surface area (Å²) in [5, 5.41) is 0.829. The third-order valence-corrected chi connectivity index (χ3v) is 2.53. The Hall–Kier alpha value is -0.690. The number of unbranched alkanes of at least 4 members (excludes halogenated alkanes) is 1. The van der Waals surface area contributed by atoms with Crippen molar-refractivity contribution in [2.75, 3.05) is 6.61 Å². The molecule has 0 spiro atoms. The maximum Gasteiger partial charge on any atom is 0.119 e. The van der Waals surface area contributed by atoms with Gasteiger partial charge < -0.3 is 4.74 Å². The van der Waals surface area contributed by atoms with Gasteiger partial charge in [0.2, 0.25) is 0 Å². The predicted octanol–water partition coefficient (Wildman–Crippen LogP) is 5.11. The smallest absolute Gasteiger partial charge is 0.119 e. The van der Waals surface area contributed by atoms with E-state index >= 15 is 0 Å². The molecule has 0 saturated carbocycles. The first-order chi connectivity index (χ1) is 7.77. The molecule has 0 aliphatic rings. The van der Waals surface area contributed by atoms with Crippen molar-refractivity contribution < 1.29 is 4.74 Å². The largest absolute Gasteiger partial charge is 0.494 e. The molecule has 0 heterocycles. The molecule has 0 atom stereocenters. The number of halogens is 1. The molecular formula is C14H23ClO. The van der Waals surface area contributed by atoms with Crippen LogP contribution in [0.5, 0.6) is 5.75 Å². The molecule has 0 radical (unpaired) electrons. The van der Waals surface area contributed by atoms with Crippen molar-refractivity contribution in [2.24, 2.45) is 0 Å². The summed E-state index contributed by atoms with van der Waals surface area (Å²) in [5.74, 6) is 0.930. The average molecular weight is 243 g/mol.